The van der Waals surface area contributed by atoms with E-state index in [9.17, 15) is 5.11 Å². The summed E-state index contributed by atoms with van der Waals surface area (Å²) in [6, 6.07) is 5.19. The molecule has 1 aromatic rings. The van der Waals surface area contributed by atoms with Gasteiger partial charge in [0.2, 0.25) is 0 Å². The van der Waals surface area contributed by atoms with Gasteiger partial charge in [0.1, 0.15) is 5.75 Å². The van der Waals surface area contributed by atoms with Crippen molar-refractivity contribution in [2.45, 2.75) is 71.1 Å². The number of nitrogens with zero attached hydrogens (tertiary/aromatic N) is 1. The maximum atomic E-state index is 9.73. The summed E-state index contributed by atoms with van der Waals surface area (Å²) in [6.45, 7) is 3.12. The second-order valence-electron chi connectivity index (χ2n) is 6.51. The number of halogens is 1. The molecule has 0 saturated carbocycles. The molecule has 0 aliphatic rings. The van der Waals surface area contributed by atoms with Crippen LogP contribution in [-0.2, 0) is 0 Å². The lowest BCUT2D eigenvalue weighted by molar-refractivity contribution is 0.474. The Hall–Kier alpha value is -1.14. The van der Waals surface area contributed by atoms with Crippen molar-refractivity contribution >= 4 is 39.5 Å². The van der Waals surface area contributed by atoms with E-state index in [1.54, 1.807) is 24.4 Å². The van der Waals surface area contributed by atoms with Crippen LogP contribution in [0.4, 0.5) is 0 Å². The molecule has 0 aromatic heterocycles. The first-order chi connectivity index (χ1) is 12.6. The summed E-state index contributed by atoms with van der Waals surface area (Å²) in [4.78, 5) is 0. The number of unbranched alkanes of at least 4 members (excludes halogenated alkanes) is 9. The molecule has 6 heteroatoms. The van der Waals surface area contributed by atoms with Crippen LogP contribution in [0.3, 0.4) is 0 Å². The van der Waals surface area contributed by atoms with E-state index < -0.39 is 0 Å². The highest BCUT2D eigenvalue weighted by atomic mass is 79.9. The molecule has 26 heavy (non-hydrogen) atoms. The second-order valence-corrected chi connectivity index (χ2v) is 7.83. The largest absolute Gasteiger partial charge is 0.507 e. The van der Waals surface area contributed by atoms with Crippen LogP contribution in [0.5, 0.6) is 5.75 Å². The van der Waals surface area contributed by atoms with Gasteiger partial charge in [-0.3, -0.25) is 5.43 Å². The first-order valence-electron chi connectivity index (χ1n) is 9.69. The summed E-state index contributed by atoms with van der Waals surface area (Å²) < 4.78 is 0.887. The summed E-state index contributed by atoms with van der Waals surface area (Å²) in [5, 5.41) is 17.4. The van der Waals surface area contributed by atoms with E-state index >= 15 is 0 Å². The fraction of sp³-hybridized carbons (Fsp3) is 0.600. The first kappa shape index (κ1) is 22.9. The molecule has 0 heterocycles. The number of nitrogens with one attached hydrogen (secondary N) is 2. The zero-order valence-corrected chi connectivity index (χ0v) is 18.2. The summed E-state index contributed by atoms with van der Waals surface area (Å²) >= 11 is 8.55. The third-order valence-electron chi connectivity index (χ3n) is 4.18. The molecule has 0 radical (unpaired) electrons. The maximum Gasteiger partial charge on any atom is 0.186 e. The molecular formula is C20H32BrN3OS. The van der Waals surface area contributed by atoms with Gasteiger partial charge in [-0.15, -0.1) is 0 Å². The number of hydrazone groups is 1. The molecule has 0 aliphatic heterocycles. The fourth-order valence-corrected chi connectivity index (χ4v) is 3.18. The van der Waals surface area contributed by atoms with E-state index in [4.69, 9.17) is 12.2 Å². The number of phenolic OH excluding ortho intramolecular Hbond substituents is 1. The number of benzene rings is 1. The van der Waals surface area contributed by atoms with Crippen LogP contribution < -0.4 is 10.7 Å². The molecular weight excluding hydrogens is 410 g/mol. The predicted octanol–water partition coefficient (Wildman–Crippen LogP) is 5.87. The van der Waals surface area contributed by atoms with Gasteiger partial charge in [-0.1, -0.05) is 80.6 Å². The highest BCUT2D eigenvalue weighted by Crippen LogP contribution is 2.19. The van der Waals surface area contributed by atoms with Gasteiger partial charge in [-0.2, -0.15) is 5.10 Å². The van der Waals surface area contributed by atoms with E-state index in [0.29, 0.717) is 10.7 Å². The average molecular weight is 442 g/mol. The van der Waals surface area contributed by atoms with Gasteiger partial charge in [0.15, 0.2) is 5.11 Å². The summed E-state index contributed by atoms with van der Waals surface area (Å²) in [5.74, 6) is 0.183. The van der Waals surface area contributed by atoms with Gasteiger partial charge in [-0.25, -0.2) is 0 Å². The molecule has 0 aliphatic carbocycles. The molecule has 0 unspecified atom stereocenters. The van der Waals surface area contributed by atoms with E-state index in [-0.39, 0.29) is 5.75 Å². The van der Waals surface area contributed by atoms with Crippen LogP contribution in [0.2, 0.25) is 0 Å². The van der Waals surface area contributed by atoms with Crippen LogP contribution in [0, 0.1) is 0 Å². The average Bonchev–Trinajstić information content (AvgIpc) is 2.62. The quantitative estimate of drug-likeness (QED) is 0.155. The van der Waals surface area contributed by atoms with Crippen molar-refractivity contribution in [1.29, 1.82) is 0 Å². The van der Waals surface area contributed by atoms with Crippen LogP contribution in [0.25, 0.3) is 0 Å². The Balaban J connectivity index is 2.00. The standard InChI is InChI=1S/C20H32BrN3OS/c1-2-3-4-5-6-7-8-9-10-11-14-22-20(26)24-23-16-17-15-18(21)12-13-19(17)25/h12-13,15-16,25H,2-11,14H2,1H3,(H2,22,24,26)/b23-16-. The highest BCUT2D eigenvalue weighted by molar-refractivity contribution is 9.10. The van der Waals surface area contributed by atoms with Gasteiger partial charge in [0.05, 0.1) is 6.21 Å². The number of phenols is 1. The van der Waals surface area contributed by atoms with E-state index in [2.05, 4.69) is 38.7 Å². The van der Waals surface area contributed by atoms with Gasteiger partial charge in [0.25, 0.3) is 0 Å². The molecule has 3 N–H and O–H groups in total. The number of hydrogen-bond donors (Lipinski definition) is 3. The van der Waals surface area contributed by atoms with Crippen molar-refractivity contribution < 1.29 is 5.11 Å². The number of hydrogen-bond acceptors (Lipinski definition) is 3. The minimum atomic E-state index is 0.183. The Labute approximate surface area is 172 Å². The first-order valence-corrected chi connectivity index (χ1v) is 10.9. The van der Waals surface area contributed by atoms with Gasteiger partial charge < -0.3 is 10.4 Å². The molecule has 1 rings (SSSR count). The van der Waals surface area contributed by atoms with Crippen molar-refractivity contribution in [2.75, 3.05) is 6.54 Å². The lowest BCUT2D eigenvalue weighted by atomic mass is 10.1. The normalized spacial score (nSPS) is 11.0. The SMILES string of the molecule is CCCCCCCCCCCCNC(=S)N/N=C\c1cc(Br)ccc1O. The molecule has 4 nitrogen and oxygen atoms in total. The molecule has 0 bridgehead atoms. The topological polar surface area (TPSA) is 56.7 Å². The lowest BCUT2D eigenvalue weighted by Gasteiger charge is -2.07. The third-order valence-corrected chi connectivity index (χ3v) is 4.90. The zero-order chi connectivity index (χ0) is 19.0. The smallest absolute Gasteiger partial charge is 0.186 e. The van der Waals surface area contributed by atoms with Crippen molar-refractivity contribution in [3.63, 3.8) is 0 Å². The van der Waals surface area contributed by atoms with Crippen LogP contribution in [0.1, 0.15) is 76.7 Å². The fourth-order valence-electron chi connectivity index (χ4n) is 2.64. The second kappa shape index (κ2) is 15.0. The summed E-state index contributed by atoms with van der Waals surface area (Å²) in [6.07, 6.45) is 14.8. The van der Waals surface area contributed by atoms with E-state index in [1.807, 2.05) is 0 Å². The van der Waals surface area contributed by atoms with Gasteiger partial charge in [-0.05, 0) is 36.8 Å². The predicted molar refractivity (Wildman–Crippen MR) is 119 cm³/mol. The lowest BCUT2D eigenvalue weighted by Crippen LogP contribution is -2.32. The van der Waals surface area contributed by atoms with Crippen molar-refractivity contribution in [3.8, 4) is 5.75 Å². The Kier molecular flexibility index (Phi) is 13.2. The van der Waals surface area contributed by atoms with Crippen molar-refractivity contribution in [3.05, 3.63) is 28.2 Å². The molecule has 0 amide bonds. The van der Waals surface area contributed by atoms with Gasteiger partial charge in [0, 0.05) is 16.6 Å². The number of thiocarbonyl (C=S) groups is 1. The molecule has 0 fully saturated rings. The zero-order valence-electron chi connectivity index (χ0n) is 15.8. The van der Waals surface area contributed by atoms with Crippen molar-refractivity contribution in [1.82, 2.24) is 10.7 Å². The Bertz CT molecular complexity index is 552. The molecule has 146 valence electrons. The van der Waals surface area contributed by atoms with E-state index in [0.717, 1.165) is 17.4 Å². The number of aromatic hydroxyl groups is 1. The monoisotopic (exact) mass is 441 g/mol. The number of rotatable bonds is 13. The Morgan fingerprint density at radius 3 is 2.35 bits per heavy atom. The Morgan fingerprint density at radius 2 is 1.69 bits per heavy atom. The Morgan fingerprint density at radius 1 is 1.08 bits per heavy atom. The maximum absolute atomic E-state index is 9.73. The van der Waals surface area contributed by atoms with Crippen LogP contribution in [-0.4, -0.2) is 23.0 Å². The molecule has 0 atom stereocenters. The third kappa shape index (κ3) is 11.5. The minimum absolute atomic E-state index is 0.183. The molecule has 0 saturated heterocycles. The molecule has 0 spiro atoms. The van der Waals surface area contributed by atoms with Crippen LogP contribution in [0.15, 0.2) is 27.8 Å². The van der Waals surface area contributed by atoms with Gasteiger partial charge >= 0.3 is 0 Å². The highest BCUT2D eigenvalue weighted by Gasteiger charge is 1.99. The summed E-state index contributed by atoms with van der Waals surface area (Å²) in [7, 11) is 0. The molecule has 1 aromatic carbocycles. The minimum Gasteiger partial charge on any atom is -0.507 e. The van der Waals surface area contributed by atoms with Crippen LogP contribution >= 0.6 is 28.1 Å². The van der Waals surface area contributed by atoms with Crippen molar-refractivity contribution in [2.24, 2.45) is 5.10 Å². The summed E-state index contributed by atoms with van der Waals surface area (Å²) in [5.41, 5.74) is 3.41. The van der Waals surface area contributed by atoms with E-state index in [1.165, 1.54) is 57.8 Å².